The largest absolute Gasteiger partial charge is 0.427 e. The van der Waals surface area contributed by atoms with Crippen molar-refractivity contribution in [2.75, 3.05) is 37.4 Å². The molecular formula is C24H22F4N8O3. The number of halogens is 4. The third kappa shape index (κ3) is 5.53. The van der Waals surface area contributed by atoms with E-state index in [0.29, 0.717) is 54.7 Å². The molecule has 1 aliphatic rings. The molecule has 11 nitrogen and oxygen atoms in total. The lowest BCUT2D eigenvalue weighted by Gasteiger charge is -2.26. The third-order valence-electron chi connectivity index (χ3n) is 6.13. The predicted octanol–water partition coefficient (Wildman–Crippen LogP) is 3.14. The zero-order chi connectivity index (χ0) is 27.7. The van der Waals surface area contributed by atoms with Crippen LogP contribution in [0.2, 0.25) is 0 Å². The number of nitrogens with one attached hydrogen (secondary N) is 1. The Morgan fingerprint density at radius 1 is 1.18 bits per heavy atom. The highest BCUT2D eigenvalue weighted by Gasteiger charge is 2.30. The average Bonchev–Trinajstić information content (AvgIpc) is 3.26. The molecule has 5 rings (SSSR count). The molecule has 1 aromatic carbocycles. The number of nitrogens with zero attached hydrogens (tertiary/aromatic N) is 6. The van der Waals surface area contributed by atoms with Gasteiger partial charge in [0, 0.05) is 31.4 Å². The Hall–Kier alpha value is -4.50. The number of carbonyl (C=O) groups excluding carboxylic acids is 1. The van der Waals surface area contributed by atoms with Crippen LogP contribution in [0.15, 0.2) is 53.9 Å². The fraction of sp³-hybridized carbons (Fsp3) is 0.250. The van der Waals surface area contributed by atoms with Gasteiger partial charge in [-0.25, -0.2) is 18.7 Å². The molecule has 204 valence electrons. The van der Waals surface area contributed by atoms with Crippen molar-refractivity contribution in [3.8, 4) is 11.1 Å². The second-order valence-electron chi connectivity index (χ2n) is 8.70. The van der Waals surface area contributed by atoms with Crippen molar-refractivity contribution in [3.05, 3.63) is 71.5 Å². The molecule has 3 aromatic heterocycles. The summed E-state index contributed by atoms with van der Waals surface area (Å²) < 4.78 is 61.2. The lowest BCUT2D eigenvalue weighted by atomic mass is 10.1. The van der Waals surface area contributed by atoms with Gasteiger partial charge in [0.15, 0.2) is 11.3 Å². The van der Waals surface area contributed by atoms with Crippen LogP contribution < -0.4 is 16.5 Å². The average molecular weight is 546 g/mol. The highest BCUT2D eigenvalue weighted by molar-refractivity contribution is 5.92. The summed E-state index contributed by atoms with van der Waals surface area (Å²) in [6.45, 7) is 3.27. The van der Waals surface area contributed by atoms with Crippen LogP contribution in [-0.2, 0) is 17.5 Å². The maximum atomic E-state index is 15.1. The number of amides is 2. The van der Waals surface area contributed by atoms with Gasteiger partial charge in [-0.2, -0.15) is 28.0 Å². The number of morpholine rings is 1. The van der Waals surface area contributed by atoms with Gasteiger partial charge in [0.1, 0.15) is 17.7 Å². The zero-order valence-electron chi connectivity index (χ0n) is 20.2. The Morgan fingerprint density at radius 2 is 1.95 bits per heavy atom. The molecule has 4 heterocycles. The first-order chi connectivity index (χ1) is 18.6. The smallest absolute Gasteiger partial charge is 0.416 e. The molecule has 39 heavy (non-hydrogen) atoms. The predicted molar refractivity (Wildman–Crippen MR) is 130 cm³/mol. The van der Waals surface area contributed by atoms with Crippen LogP contribution in [0.5, 0.6) is 0 Å². The molecule has 1 saturated heterocycles. The molecule has 0 spiro atoms. The van der Waals surface area contributed by atoms with Crippen LogP contribution in [0.3, 0.4) is 0 Å². The van der Waals surface area contributed by atoms with Crippen molar-refractivity contribution >= 4 is 23.1 Å². The van der Waals surface area contributed by atoms with Gasteiger partial charge in [-0.1, -0.05) is 6.07 Å². The molecule has 0 saturated carbocycles. The van der Waals surface area contributed by atoms with Crippen molar-refractivity contribution in [1.29, 1.82) is 0 Å². The molecule has 0 radical (unpaired) electrons. The summed E-state index contributed by atoms with van der Waals surface area (Å²) in [5.74, 6) is -0.635. The number of hydrogen-bond acceptors (Lipinski definition) is 7. The van der Waals surface area contributed by atoms with Gasteiger partial charge in [-0.15, -0.1) is 0 Å². The van der Waals surface area contributed by atoms with Crippen LogP contribution >= 0.6 is 0 Å². The number of rotatable bonds is 4. The van der Waals surface area contributed by atoms with Crippen molar-refractivity contribution in [2.45, 2.75) is 12.7 Å². The van der Waals surface area contributed by atoms with Crippen LogP contribution in [0.1, 0.15) is 11.3 Å². The van der Waals surface area contributed by atoms with Crippen molar-refractivity contribution in [3.63, 3.8) is 0 Å². The van der Waals surface area contributed by atoms with E-state index < -0.39 is 29.1 Å². The summed E-state index contributed by atoms with van der Waals surface area (Å²) in [7, 11) is 0. The first-order valence-corrected chi connectivity index (χ1v) is 11.7. The Bertz CT molecular complexity index is 1610. The summed E-state index contributed by atoms with van der Waals surface area (Å²) in [6, 6.07) is 5.74. The Balaban J connectivity index is 1.43. The molecule has 4 N–H and O–H groups in total. The van der Waals surface area contributed by atoms with Crippen LogP contribution in [0.25, 0.3) is 16.6 Å². The number of alkyl halides is 3. The van der Waals surface area contributed by atoms with E-state index in [1.165, 1.54) is 24.5 Å². The monoisotopic (exact) mass is 546 g/mol. The molecule has 4 aromatic rings. The number of ether oxygens (including phenoxy) is 1. The first kappa shape index (κ1) is 26.1. The van der Waals surface area contributed by atoms with E-state index in [0.717, 1.165) is 18.8 Å². The number of hydrogen-bond donors (Lipinski definition) is 3. The lowest BCUT2D eigenvalue weighted by molar-refractivity contribution is -0.137. The fourth-order valence-corrected chi connectivity index (χ4v) is 4.23. The van der Waals surface area contributed by atoms with Gasteiger partial charge >= 0.3 is 12.2 Å². The quantitative estimate of drug-likeness (QED) is 0.264. The number of benzene rings is 1. The zero-order valence-corrected chi connectivity index (χ0v) is 20.2. The summed E-state index contributed by atoms with van der Waals surface area (Å²) in [5.41, 5.74) is 6.36. The lowest BCUT2D eigenvalue weighted by Crippen LogP contribution is -2.36. The molecule has 0 atom stereocenters. The molecule has 0 bridgehead atoms. The Labute approximate surface area is 217 Å². The Kier molecular flexibility index (Phi) is 6.93. The number of nitrogens with two attached hydrogens (primary N) is 1. The van der Waals surface area contributed by atoms with Crippen molar-refractivity contribution in [2.24, 2.45) is 4.99 Å². The molecular weight excluding hydrogens is 524 g/mol. The summed E-state index contributed by atoms with van der Waals surface area (Å²) >= 11 is 0. The van der Waals surface area contributed by atoms with Crippen LogP contribution in [0.4, 0.5) is 33.9 Å². The SMILES string of the molecule is Nc1ncnn2c(CN3CCOCC3)cc(-c3ccc(NC(=O)/N=c4\cc(C(F)(F)F)ccn4O)c(F)c3)c12. The topological polar surface area (TPSA) is 135 Å². The van der Waals surface area contributed by atoms with Gasteiger partial charge < -0.3 is 21.0 Å². The summed E-state index contributed by atoms with van der Waals surface area (Å²) in [5, 5.41) is 16.2. The number of urea groups is 1. The minimum atomic E-state index is -4.71. The molecule has 0 unspecified atom stereocenters. The number of aromatic nitrogens is 4. The van der Waals surface area contributed by atoms with E-state index in [2.05, 4.69) is 25.3 Å². The fourth-order valence-electron chi connectivity index (χ4n) is 4.23. The second kappa shape index (κ2) is 10.3. The highest BCUT2D eigenvalue weighted by atomic mass is 19.4. The standard InChI is InChI=1S/C24H22F4N8O3/c25-18-9-14(1-2-19(18)32-23(37)33-20-10-15(24(26,27)28)3-4-35(20)38)17-11-16(12-34-5-7-39-8-6-34)36-21(17)22(29)30-13-31-36/h1-4,9-11,13,38H,5-8,12H2,(H,32,37)(H2,29,30,31)/b33-20+. The molecule has 1 aliphatic heterocycles. The van der Waals surface area contributed by atoms with Crippen molar-refractivity contribution in [1.82, 2.24) is 24.2 Å². The number of carbonyl (C=O) groups is 1. The number of anilines is 2. The van der Waals surface area contributed by atoms with E-state index >= 15 is 4.39 Å². The molecule has 1 fully saturated rings. The first-order valence-electron chi connectivity index (χ1n) is 11.7. The number of pyridine rings is 1. The maximum absolute atomic E-state index is 15.1. The van der Waals surface area contributed by atoms with Gasteiger partial charge in [0.25, 0.3) is 0 Å². The number of fused-ring (bicyclic) bond motifs is 1. The minimum absolute atomic E-state index is 0.197. The van der Waals surface area contributed by atoms with Crippen molar-refractivity contribution < 1.29 is 32.3 Å². The second-order valence-corrected chi connectivity index (χ2v) is 8.70. The van der Waals surface area contributed by atoms with Crippen LogP contribution in [-0.4, -0.2) is 61.8 Å². The summed E-state index contributed by atoms with van der Waals surface area (Å²) in [6.07, 6.45) is -2.69. The highest BCUT2D eigenvalue weighted by Crippen LogP contribution is 2.33. The number of nitrogen functional groups attached to an aromatic ring is 1. The van der Waals surface area contributed by atoms with Gasteiger partial charge in [-0.05, 0) is 35.9 Å². The van der Waals surface area contributed by atoms with Crippen LogP contribution in [0, 0.1) is 5.82 Å². The van der Waals surface area contributed by atoms with E-state index in [1.54, 1.807) is 4.52 Å². The van der Waals surface area contributed by atoms with E-state index in [9.17, 15) is 23.2 Å². The van der Waals surface area contributed by atoms with Gasteiger partial charge in [-0.3, -0.25) is 4.90 Å². The molecule has 2 amide bonds. The van der Waals surface area contributed by atoms with Gasteiger partial charge in [0.2, 0.25) is 0 Å². The third-order valence-corrected chi connectivity index (χ3v) is 6.13. The molecule has 0 aliphatic carbocycles. The normalized spacial score (nSPS) is 15.1. The summed E-state index contributed by atoms with van der Waals surface area (Å²) in [4.78, 5) is 22.0. The van der Waals surface area contributed by atoms with E-state index in [4.69, 9.17) is 10.5 Å². The van der Waals surface area contributed by atoms with E-state index in [1.807, 2.05) is 6.07 Å². The maximum Gasteiger partial charge on any atom is 0.416 e. The Morgan fingerprint density at radius 3 is 2.67 bits per heavy atom. The van der Waals surface area contributed by atoms with Gasteiger partial charge in [0.05, 0.1) is 30.2 Å². The van der Waals surface area contributed by atoms with E-state index in [-0.39, 0.29) is 16.2 Å². The molecule has 15 heteroatoms. The minimum Gasteiger partial charge on any atom is -0.427 e.